The van der Waals surface area contributed by atoms with E-state index in [4.69, 9.17) is 0 Å². The fourth-order valence-electron chi connectivity index (χ4n) is 3.61. The van der Waals surface area contributed by atoms with Crippen molar-refractivity contribution in [1.82, 2.24) is 5.32 Å². The molecule has 0 spiro atoms. The Balaban J connectivity index is 1.71. The molecule has 4 heteroatoms. The molecule has 0 aromatic heterocycles. The molecule has 4 nitrogen and oxygen atoms in total. The van der Waals surface area contributed by atoms with E-state index in [-0.39, 0.29) is 5.91 Å². The third-order valence-corrected chi connectivity index (χ3v) is 5.09. The van der Waals surface area contributed by atoms with E-state index in [0.717, 1.165) is 43.0 Å². The van der Waals surface area contributed by atoms with E-state index in [1.165, 1.54) is 25.7 Å². The van der Waals surface area contributed by atoms with Crippen LogP contribution in [0.3, 0.4) is 0 Å². The number of carbonyl (C=O) groups is 1. The first-order valence-electron chi connectivity index (χ1n) is 8.13. The Kier molecular flexibility index (Phi) is 4.04. The number of carbonyl (C=O) groups excluding carboxylic acids is 1. The van der Waals surface area contributed by atoms with Gasteiger partial charge in [0, 0.05) is 19.6 Å². The number of amides is 1. The highest BCUT2D eigenvalue weighted by atomic mass is 16.1. The molecule has 21 heavy (non-hydrogen) atoms. The Hall–Kier alpha value is -1.71. The predicted octanol–water partition coefficient (Wildman–Crippen LogP) is 3.22. The van der Waals surface area contributed by atoms with E-state index in [1.807, 2.05) is 18.2 Å². The zero-order valence-electron chi connectivity index (χ0n) is 12.8. The molecule has 1 saturated carbocycles. The van der Waals surface area contributed by atoms with Gasteiger partial charge < -0.3 is 16.0 Å². The fourth-order valence-corrected chi connectivity index (χ4v) is 3.61. The summed E-state index contributed by atoms with van der Waals surface area (Å²) in [6.45, 7) is 4.81. The van der Waals surface area contributed by atoms with Gasteiger partial charge in [-0.15, -0.1) is 0 Å². The van der Waals surface area contributed by atoms with Gasteiger partial charge >= 0.3 is 0 Å². The molecule has 1 heterocycles. The SMILES string of the molecule is CCC1(CNC(=O)c2cccc3c2NCCN3)CCCC1. The van der Waals surface area contributed by atoms with Crippen LogP contribution < -0.4 is 16.0 Å². The number of anilines is 2. The molecule has 0 unspecified atom stereocenters. The molecule has 2 aliphatic rings. The molecule has 1 aromatic rings. The molecule has 0 radical (unpaired) electrons. The largest absolute Gasteiger partial charge is 0.382 e. The fraction of sp³-hybridized carbons (Fsp3) is 0.588. The summed E-state index contributed by atoms with van der Waals surface area (Å²) in [5.41, 5.74) is 3.05. The summed E-state index contributed by atoms with van der Waals surface area (Å²) >= 11 is 0. The van der Waals surface area contributed by atoms with E-state index in [1.54, 1.807) is 0 Å². The van der Waals surface area contributed by atoms with Gasteiger partial charge in [-0.25, -0.2) is 0 Å². The van der Waals surface area contributed by atoms with Gasteiger partial charge in [0.15, 0.2) is 0 Å². The van der Waals surface area contributed by atoms with E-state index < -0.39 is 0 Å². The second-order valence-corrected chi connectivity index (χ2v) is 6.33. The minimum absolute atomic E-state index is 0.0442. The molecule has 1 aliphatic heterocycles. The Morgan fingerprint density at radius 3 is 2.76 bits per heavy atom. The smallest absolute Gasteiger partial charge is 0.253 e. The van der Waals surface area contributed by atoms with Gasteiger partial charge in [-0.2, -0.15) is 0 Å². The number of benzene rings is 1. The molecule has 3 rings (SSSR count). The topological polar surface area (TPSA) is 53.2 Å². The van der Waals surface area contributed by atoms with Gasteiger partial charge in [0.25, 0.3) is 5.91 Å². The number of hydrogen-bond acceptors (Lipinski definition) is 3. The number of rotatable bonds is 4. The van der Waals surface area contributed by atoms with Crippen molar-refractivity contribution in [2.24, 2.45) is 5.41 Å². The van der Waals surface area contributed by atoms with Gasteiger partial charge in [-0.05, 0) is 36.8 Å². The van der Waals surface area contributed by atoms with Crippen molar-refractivity contribution in [2.75, 3.05) is 30.3 Å². The third kappa shape index (κ3) is 2.85. The van der Waals surface area contributed by atoms with Crippen molar-refractivity contribution in [3.63, 3.8) is 0 Å². The second-order valence-electron chi connectivity index (χ2n) is 6.33. The van der Waals surface area contributed by atoms with Crippen LogP contribution in [0.25, 0.3) is 0 Å². The number of nitrogens with one attached hydrogen (secondary N) is 3. The molecule has 1 aliphatic carbocycles. The summed E-state index contributed by atoms with van der Waals surface area (Å²) < 4.78 is 0. The Bertz CT molecular complexity index is 521. The van der Waals surface area contributed by atoms with Crippen LogP contribution in [0.15, 0.2) is 18.2 Å². The van der Waals surface area contributed by atoms with Crippen LogP contribution in [0.2, 0.25) is 0 Å². The van der Waals surface area contributed by atoms with E-state index in [2.05, 4.69) is 22.9 Å². The van der Waals surface area contributed by atoms with Crippen LogP contribution in [-0.2, 0) is 0 Å². The number of hydrogen-bond donors (Lipinski definition) is 3. The molecule has 1 aromatic carbocycles. The van der Waals surface area contributed by atoms with Gasteiger partial charge in [0.1, 0.15) is 0 Å². The number of fused-ring (bicyclic) bond motifs is 1. The van der Waals surface area contributed by atoms with Crippen molar-refractivity contribution in [2.45, 2.75) is 39.0 Å². The zero-order valence-corrected chi connectivity index (χ0v) is 12.8. The Morgan fingerprint density at radius 1 is 1.24 bits per heavy atom. The van der Waals surface area contributed by atoms with E-state index in [9.17, 15) is 4.79 Å². The molecule has 1 amide bonds. The van der Waals surface area contributed by atoms with Gasteiger partial charge in [-0.1, -0.05) is 25.8 Å². The molecule has 0 atom stereocenters. The first-order chi connectivity index (χ1) is 10.2. The highest BCUT2D eigenvalue weighted by molar-refractivity contribution is 6.02. The van der Waals surface area contributed by atoms with E-state index >= 15 is 0 Å². The normalized spacial score (nSPS) is 19.3. The average molecular weight is 287 g/mol. The minimum Gasteiger partial charge on any atom is -0.382 e. The lowest BCUT2D eigenvalue weighted by molar-refractivity contribution is 0.0929. The van der Waals surface area contributed by atoms with Crippen molar-refractivity contribution < 1.29 is 4.79 Å². The van der Waals surface area contributed by atoms with Crippen LogP contribution in [0.4, 0.5) is 11.4 Å². The summed E-state index contributed by atoms with van der Waals surface area (Å²) in [6, 6.07) is 5.86. The molecule has 0 saturated heterocycles. The maximum atomic E-state index is 12.6. The summed E-state index contributed by atoms with van der Waals surface area (Å²) in [7, 11) is 0. The molecular weight excluding hydrogens is 262 g/mol. The standard InChI is InChI=1S/C17H25N3O/c1-2-17(8-3-4-9-17)12-20-16(21)13-6-5-7-14-15(13)19-11-10-18-14/h5-7,18-19H,2-4,8-12H2,1H3,(H,20,21). The van der Waals surface area contributed by atoms with Crippen LogP contribution in [0, 0.1) is 5.41 Å². The summed E-state index contributed by atoms with van der Waals surface area (Å²) in [5.74, 6) is 0.0442. The molecule has 114 valence electrons. The van der Waals surface area contributed by atoms with Crippen molar-refractivity contribution in [3.05, 3.63) is 23.8 Å². The predicted molar refractivity (Wildman–Crippen MR) is 86.9 cm³/mol. The lowest BCUT2D eigenvalue weighted by Gasteiger charge is -2.28. The highest BCUT2D eigenvalue weighted by Gasteiger charge is 2.32. The van der Waals surface area contributed by atoms with Gasteiger partial charge in [0.05, 0.1) is 16.9 Å². The van der Waals surface area contributed by atoms with Crippen LogP contribution in [-0.4, -0.2) is 25.5 Å². The lowest BCUT2D eigenvalue weighted by Crippen LogP contribution is -2.36. The first-order valence-corrected chi connectivity index (χ1v) is 8.13. The third-order valence-electron chi connectivity index (χ3n) is 5.09. The Labute approximate surface area is 126 Å². The van der Waals surface area contributed by atoms with E-state index in [0.29, 0.717) is 5.41 Å². The first kappa shape index (κ1) is 14.2. The molecule has 0 bridgehead atoms. The van der Waals surface area contributed by atoms with Crippen molar-refractivity contribution in [1.29, 1.82) is 0 Å². The van der Waals surface area contributed by atoms with Crippen LogP contribution in [0.5, 0.6) is 0 Å². The molecule has 3 N–H and O–H groups in total. The molecular formula is C17H25N3O. The summed E-state index contributed by atoms with van der Waals surface area (Å²) in [4.78, 5) is 12.6. The van der Waals surface area contributed by atoms with Crippen LogP contribution >= 0.6 is 0 Å². The number of para-hydroxylation sites is 1. The zero-order chi connectivity index (χ0) is 14.7. The molecule has 1 fully saturated rings. The second kappa shape index (κ2) is 5.96. The van der Waals surface area contributed by atoms with Gasteiger partial charge in [-0.3, -0.25) is 4.79 Å². The highest BCUT2D eigenvalue weighted by Crippen LogP contribution is 2.40. The lowest BCUT2D eigenvalue weighted by atomic mass is 9.83. The van der Waals surface area contributed by atoms with Gasteiger partial charge in [0.2, 0.25) is 0 Å². The average Bonchev–Trinajstić information content (AvgIpc) is 3.01. The minimum atomic E-state index is 0.0442. The van der Waals surface area contributed by atoms with Crippen molar-refractivity contribution in [3.8, 4) is 0 Å². The monoisotopic (exact) mass is 287 g/mol. The summed E-state index contributed by atoms with van der Waals surface area (Å²) in [5, 5.41) is 9.85. The maximum Gasteiger partial charge on any atom is 0.253 e. The van der Waals surface area contributed by atoms with Crippen LogP contribution in [0.1, 0.15) is 49.4 Å². The maximum absolute atomic E-state index is 12.6. The quantitative estimate of drug-likeness (QED) is 0.797. The Morgan fingerprint density at radius 2 is 2.00 bits per heavy atom. The van der Waals surface area contributed by atoms with Crippen molar-refractivity contribution >= 4 is 17.3 Å². The summed E-state index contributed by atoms with van der Waals surface area (Å²) in [6.07, 6.45) is 6.25.